The molecule has 3 rings (SSSR count). The lowest BCUT2D eigenvalue weighted by molar-refractivity contribution is 0.102. The number of nitrogens with one attached hydrogen (secondary N) is 2. The molecule has 2 N–H and O–H groups in total. The summed E-state index contributed by atoms with van der Waals surface area (Å²) in [6.45, 7) is 1.93. The molecule has 2 aromatic carbocycles. The van der Waals surface area contributed by atoms with Gasteiger partial charge in [-0.3, -0.25) is 9.52 Å². The molecule has 0 spiro atoms. The predicted octanol–water partition coefficient (Wildman–Crippen LogP) is 3.23. The van der Waals surface area contributed by atoms with Crippen LogP contribution in [0.25, 0.3) is 10.2 Å². The van der Waals surface area contributed by atoms with Gasteiger partial charge in [0.05, 0.1) is 21.5 Å². The van der Waals surface area contributed by atoms with Gasteiger partial charge in [0, 0.05) is 16.9 Å². The molecule has 0 saturated heterocycles. The summed E-state index contributed by atoms with van der Waals surface area (Å²) in [6.07, 6.45) is 1.06. The molecule has 0 atom stereocenters. The Balaban J connectivity index is 1.81. The molecule has 6 nitrogen and oxygen atoms in total. The number of amides is 1. The lowest BCUT2D eigenvalue weighted by Crippen LogP contribution is -2.13. The Labute approximate surface area is 143 Å². The monoisotopic (exact) mass is 361 g/mol. The number of nitrogens with zero attached hydrogens (tertiary/aromatic N) is 1. The van der Waals surface area contributed by atoms with Crippen LogP contribution in [0.3, 0.4) is 0 Å². The molecule has 0 bridgehead atoms. The van der Waals surface area contributed by atoms with Gasteiger partial charge in [0.25, 0.3) is 5.91 Å². The van der Waals surface area contributed by atoms with E-state index < -0.39 is 10.0 Å². The number of anilines is 2. The highest BCUT2D eigenvalue weighted by Crippen LogP contribution is 2.25. The van der Waals surface area contributed by atoms with E-state index >= 15 is 0 Å². The van der Waals surface area contributed by atoms with Crippen molar-refractivity contribution < 1.29 is 13.2 Å². The molecule has 3 aromatic rings. The van der Waals surface area contributed by atoms with Gasteiger partial charge < -0.3 is 5.32 Å². The van der Waals surface area contributed by atoms with Crippen LogP contribution in [0.5, 0.6) is 0 Å². The normalized spacial score (nSPS) is 11.4. The first-order valence-electron chi connectivity index (χ1n) is 7.06. The van der Waals surface area contributed by atoms with Gasteiger partial charge in [-0.05, 0) is 43.3 Å². The van der Waals surface area contributed by atoms with Gasteiger partial charge in [0.15, 0.2) is 0 Å². The molecule has 1 aromatic heterocycles. The highest BCUT2D eigenvalue weighted by atomic mass is 32.2. The van der Waals surface area contributed by atoms with Gasteiger partial charge in [-0.25, -0.2) is 13.4 Å². The fraction of sp³-hybridized carbons (Fsp3) is 0.125. The summed E-state index contributed by atoms with van der Waals surface area (Å²) in [5.41, 5.74) is 2.27. The Bertz CT molecular complexity index is 1030. The first-order chi connectivity index (χ1) is 11.3. The van der Waals surface area contributed by atoms with Crippen LogP contribution in [-0.4, -0.2) is 25.6 Å². The first-order valence-corrected chi connectivity index (χ1v) is 9.77. The van der Waals surface area contributed by atoms with Crippen molar-refractivity contribution in [2.24, 2.45) is 0 Å². The van der Waals surface area contributed by atoms with Crippen LogP contribution in [-0.2, 0) is 10.0 Å². The van der Waals surface area contributed by atoms with Gasteiger partial charge in [-0.1, -0.05) is 6.07 Å². The molecule has 0 aliphatic heterocycles. The third-order valence-electron chi connectivity index (χ3n) is 3.18. The Morgan fingerprint density at radius 2 is 1.92 bits per heavy atom. The Hall–Kier alpha value is -2.45. The van der Waals surface area contributed by atoms with E-state index in [9.17, 15) is 13.2 Å². The summed E-state index contributed by atoms with van der Waals surface area (Å²) in [7, 11) is -3.39. The third-order valence-corrected chi connectivity index (χ3v) is 4.72. The van der Waals surface area contributed by atoms with Gasteiger partial charge in [-0.2, -0.15) is 0 Å². The van der Waals surface area contributed by atoms with Crippen molar-refractivity contribution in [3.63, 3.8) is 0 Å². The zero-order valence-electron chi connectivity index (χ0n) is 13.0. The zero-order chi connectivity index (χ0) is 17.3. The van der Waals surface area contributed by atoms with E-state index in [2.05, 4.69) is 15.0 Å². The smallest absolute Gasteiger partial charge is 0.255 e. The van der Waals surface area contributed by atoms with E-state index in [-0.39, 0.29) is 5.91 Å². The summed E-state index contributed by atoms with van der Waals surface area (Å²) in [5.74, 6) is -0.312. The summed E-state index contributed by atoms with van der Waals surface area (Å²) < 4.78 is 25.9. The SMILES string of the molecule is Cc1nc2ccc(NC(=O)c3cccc(NS(C)(=O)=O)c3)cc2s1. The van der Waals surface area contributed by atoms with Crippen LogP contribution >= 0.6 is 11.3 Å². The van der Waals surface area contributed by atoms with Crippen LogP contribution < -0.4 is 10.0 Å². The fourth-order valence-corrected chi connectivity index (χ4v) is 3.68. The number of aryl methyl sites for hydroxylation is 1. The summed E-state index contributed by atoms with van der Waals surface area (Å²) >= 11 is 1.56. The summed E-state index contributed by atoms with van der Waals surface area (Å²) in [6, 6.07) is 11.8. The minimum atomic E-state index is -3.39. The second-order valence-electron chi connectivity index (χ2n) is 5.32. The van der Waals surface area contributed by atoms with E-state index in [4.69, 9.17) is 0 Å². The highest BCUT2D eigenvalue weighted by molar-refractivity contribution is 7.92. The van der Waals surface area contributed by atoms with Crippen molar-refractivity contribution in [3.8, 4) is 0 Å². The second kappa shape index (κ2) is 6.21. The van der Waals surface area contributed by atoms with Crippen LogP contribution in [0.2, 0.25) is 0 Å². The molecule has 0 fully saturated rings. The topological polar surface area (TPSA) is 88.2 Å². The number of hydrogen-bond acceptors (Lipinski definition) is 5. The Morgan fingerprint density at radius 3 is 2.67 bits per heavy atom. The predicted molar refractivity (Wildman–Crippen MR) is 97.2 cm³/mol. The largest absolute Gasteiger partial charge is 0.322 e. The maximum atomic E-state index is 12.4. The molecular weight excluding hydrogens is 346 g/mol. The number of aromatic nitrogens is 1. The maximum absolute atomic E-state index is 12.4. The third kappa shape index (κ3) is 3.90. The Kier molecular flexibility index (Phi) is 4.25. The zero-order valence-corrected chi connectivity index (χ0v) is 14.7. The number of sulfonamides is 1. The van der Waals surface area contributed by atoms with E-state index in [0.29, 0.717) is 16.9 Å². The minimum absolute atomic E-state index is 0.312. The molecule has 24 heavy (non-hydrogen) atoms. The number of fused-ring (bicyclic) bond motifs is 1. The standard InChI is InChI=1S/C16H15N3O3S2/c1-10-17-14-7-6-12(9-15(14)23-10)18-16(20)11-4-3-5-13(8-11)19-24(2,21)22/h3-9,19H,1-2H3,(H,18,20). The van der Waals surface area contributed by atoms with Gasteiger partial charge >= 0.3 is 0 Å². The van der Waals surface area contributed by atoms with Crippen molar-refractivity contribution in [2.75, 3.05) is 16.3 Å². The minimum Gasteiger partial charge on any atom is -0.322 e. The Morgan fingerprint density at radius 1 is 1.12 bits per heavy atom. The summed E-state index contributed by atoms with van der Waals surface area (Å²) in [4.78, 5) is 16.8. The number of carbonyl (C=O) groups is 1. The molecule has 0 saturated carbocycles. The van der Waals surface area contributed by atoms with E-state index in [1.165, 1.54) is 6.07 Å². The number of benzene rings is 2. The average molecular weight is 361 g/mol. The van der Waals surface area contributed by atoms with E-state index in [0.717, 1.165) is 21.5 Å². The molecule has 0 aliphatic rings. The first kappa shape index (κ1) is 16.4. The molecule has 0 aliphatic carbocycles. The average Bonchev–Trinajstić information content (AvgIpc) is 2.85. The van der Waals surface area contributed by atoms with Crippen molar-refractivity contribution in [1.82, 2.24) is 4.98 Å². The van der Waals surface area contributed by atoms with E-state index in [1.54, 1.807) is 35.6 Å². The van der Waals surface area contributed by atoms with Crippen molar-refractivity contribution >= 4 is 48.9 Å². The quantitative estimate of drug-likeness (QED) is 0.747. The van der Waals surface area contributed by atoms with Crippen LogP contribution in [0.15, 0.2) is 42.5 Å². The van der Waals surface area contributed by atoms with Gasteiger partial charge in [0.1, 0.15) is 0 Å². The van der Waals surface area contributed by atoms with Gasteiger partial charge in [-0.15, -0.1) is 11.3 Å². The molecule has 8 heteroatoms. The van der Waals surface area contributed by atoms with Crippen molar-refractivity contribution in [2.45, 2.75) is 6.92 Å². The number of thiazole rings is 1. The van der Waals surface area contributed by atoms with E-state index in [1.807, 2.05) is 19.1 Å². The molecule has 1 heterocycles. The number of hydrogen-bond donors (Lipinski definition) is 2. The highest BCUT2D eigenvalue weighted by Gasteiger charge is 2.10. The van der Waals surface area contributed by atoms with Crippen molar-refractivity contribution in [1.29, 1.82) is 0 Å². The van der Waals surface area contributed by atoms with Crippen LogP contribution in [0, 0.1) is 6.92 Å². The lowest BCUT2D eigenvalue weighted by atomic mass is 10.2. The summed E-state index contributed by atoms with van der Waals surface area (Å²) in [5, 5.41) is 3.78. The maximum Gasteiger partial charge on any atom is 0.255 e. The van der Waals surface area contributed by atoms with Crippen LogP contribution in [0.1, 0.15) is 15.4 Å². The number of rotatable bonds is 4. The van der Waals surface area contributed by atoms with Gasteiger partial charge in [0.2, 0.25) is 10.0 Å². The molecule has 0 unspecified atom stereocenters. The molecule has 0 radical (unpaired) electrons. The van der Waals surface area contributed by atoms with Crippen LogP contribution in [0.4, 0.5) is 11.4 Å². The number of carbonyl (C=O) groups excluding carboxylic acids is 1. The van der Waals surface area contributed by atoms with Crippen molar-refractivity contribution in [3.05, 3.63) is 53.0 Å². The lowest BCUT2D eigenvalue weighted by Gasteiger charge is -2.08. The molecule has 124 valence electrons. The second-order valence-corrected chi connectivity index (χ2v) is 8.31. The fourth-order valence-electron chi connectivity index (χ4n) is 2.26. The molecule has 1 amide bonds. The molecular formula is C16H15N3O3S2.